The number of rotatable bonds is 12. The molecule has 0 spiro atoms. The van der Waals surface area contributed by atoms with E-state index in [1.165, 1.54) is 21.6 Å². The topological polar surface area (TPSA) is 104 Å². The van der Waals surface area contributed by atoms with E-state index in [9.17, 15) is 19.5 Å². The maximum absolute atomic E-state index is 13.4. The van der Waals surface area contributed by atoms with Crippen LogP contribution in [0.3, 0.4) is 0 Å². The molecule has 0 radical (unpaired) electrons. The van der Waals surface area contributed by atoms with Crippen molar-refractivity contribution < 1.29 is 29.3 Å². The molecule has 1 aromatic rings. The van der Waals surface area contributed by atoms with Crippen molar-refractivity contribution in [1.82, 2.24) is 4.90 Å². The van der Waals surface area contributed by atoms with Gasteiger partial charge in [0, 0.05) is 18.9 Å². The quantitative estimate of drug-likeness (QED) is 0.224. The third-order valence-corrected chi connectivity index (χ3v) is 8.03. The monoisotopic (exact) mass is 509 g/mol. The van der Waals surface area contributed by atoms with Gasteiger partial charge in [0.2, 0.25) is 11.8 Å². The van der Waals surface area contributed by atoms with Gasteiger partial charge in [-0.25, -0.2) is 0 Å². The van der Waals surface area contributed by atoms with Crippen LogP contribution in [0, 0.1) is 17.8 Å². The molecule has 37 heavy (non-hydrogen) atoms. The average Bonchev–Trinajstić information content (AvgIpc) is 3.38. The molecule has 2 fully saturated rings. The normalized spacial score (nSPS) is 25.6. The van der Waals surface area contributed by atoms with Crippen LogP contribution in [0.15, 0.2) is 41.0 Å². The van der Waals surface area contributed by atoms with E-state index < -0.39 is 5.97 Å². The number of allylic oxidation sites excluding steroid dienone is 2. The van der Waals surface area contributed by atoms with Crippen molar-refractivity contribution in [3.05, 3.63) is 46.5 Å². The summed E-state index contributed by atoms with van der Waals surface area (Å²) in [7, 11) is 0. The lowest BCUT2D eigenvalue weighted by Crippen LogP contribution is -2.34. The lowest BCUT2D eigenvalue weighted by Gasteiger charge is -2.32. The molecule has 200 valence electrons. The van der Waals surface area contributed by atoms with Crippen molar-refractivity contribution in [2.75, 3.05) is 13.2 Å². The largest absolute Gasteiger partial charge is 0.508 e. The Morgan fingerprint density at radius 3 is 2.54 bits per heavy atom. The number of carbonyl (C=O) groups excluding carboxylic acids is 2. The molecule has 0 bridgehead atoms. The van der Waals surface area contributed by atoms with Gasteiger partial charge in [-0.05, 0) is 68.7 Å². The highest BCUT2D eigenvalue weighted by Crippen LogP contribution is 2.50. The molecule has 2 saturated heterocycles. The van der Waals surface area contributed by atoms with Crippen molar-refractivity contribution in [3.8, 4) is 5.75 Å². The Bertz CT molecular complexity index is 1070. The summed E-state index contributed by atoms with van der Waals surface area (Å²) in [5.41, 5.74) is 4.85. The van der Waals surface area contributed by atoms with E-state index >= 15 is 0 Å². The number of hydrogen-bond donors (Lipinski definition) is 2. The van der Waals surface area contributed by atoms with Crippen molar-refractivity contribution in [2.24, 2.45) is 17.8 Å². The van der Waals surface area contributed by atoms with Gasteiger partial charge in [0.05, 0.1) is 24.5 Å². The first-order chi connectivity index (χ1) is 17.8. The zero-order chi connectivity index (χ0) is 26.5. The number of unbranched alkanes of at least 4 members (excludes halogenated alkanes) is 2. The third-order valence-electron chi connectivity index (χ3n) is 8.03. The highest BCUT2D eigenvalue weighted by atomic mass is 16.5. The second kappa shape index (κ2) is 12.1. The van der Waals surface area contributed by atoms with Crippen LogP contribution in [0.4, 0.5) is 0 Å². The van der Waals surface area contributed by atoms with Gasteiger partial charge in [0.1, 0.15) is 5.75 Å². The number of hydrogen-bond acceptors (Lipinski definition) is 5. The number of benzene rings is 1. The number of imide groups is 1. The molecule has 2 N–H and O–H groups in total. The number of likely N-dealkylation sites (tertiary alicyclic amines) is 1. The molecular formula is C30H39NO6. The molecular weight excluding hydrogens is 470 g/mol. The second-order valence-electron chi connectivity index (χ2n) is 10.7. The molecule has 4 atom stereocenters. The molecule has 7 heteroatoms. The number of phenolic OH excluding ortho intramolecular Hbond substituents is 1. The number of fused-ring (bicyclic) bond motifs is 3. The molecule has 4 rings (SSSR count). The Hall–Kier alpha value is -2.93. The molecule has 1 aliphatic carbocycles. The van der Waals surface area contributed by atoms with Gasteiger partial charge in [-0.15, -0.1) is 0 Å². The lowest BCUT2D eigenvalue weighted by molar-refractivity contribution is -0.141. The summed E-state index contributed by atoms with van der Waals surface area (Å²) in [6, 6.07) is 7.15. The zero-order valence-corrected chi connectivity index (χ0v) is 21.9. The number of phenols is 1. The van der Waals surface area contributed by atoms with Gasteiger partial charge >= 0.3 is 5.97 Å². The van der Waals surface area contributed by atoms with Crippen LogP contribution in [-0.4, -0.2) is 52.2 Å². The molecule has 1 aromatic carbocycles. The van der Waals surface area contributed by atoms with E-state index in [2.05, 4.69) is 19.9 Å². The Labute approximate surface area is 219 Å². The fourth-order valence-corrected chi connectivity index (χ4v) is 6.31. The summed E-state index contributed by atoms with van der Waals surface area (Å²) in [5, 5.41) is 18.3. The minimum absolute atomic E-state index is 0.0244. The van der Waals surface area contributed by atoms with Crippen molar-refractivity contribution in [3.63, 3.8) is 0 Å². The standard InChI is InChI=1S/C30H39NO6/c1-3-7-21-17-23-28(30(36)31(29(23)35)15-6-4-5-8-26(33)34)24-18-37-25(27(21)24)14-9-19(2)16-20-10-12-22(32)13-11-20/h10-13,16,23-25,28,32H,3-9,14-15,17-18H2,1-2H3,(H,33,34)/b19-16+/t23-,24+,25-,28-/m1/s1. The molecule has 2 aliphatic heterocycles. The summed E-state index contributed by atoms with van der Waals surface area (Å²) in [4.78, 5) is 38.9. The molecule has 7 nitrogen and oxygen atoms in total. The van der Waals surface area contributed by atoms with Gasteiger partial charge in [0.25, 0.3) is 0 Å². The average molecular weight is 510 g/mol. The molecule has 0 saturated carbocycles. The highest BCUT2D eigenvalue weighted by Gasteiger charge is 2.56. The molecule has 0 aromatic heterocycles. The minimum Gasteiger partial charge on any atom is -0.508 e. The molecule has 3 aliphatic rings. The Kier molecular flexibility index (Phi) is 8.85. The van der Waals surface area contributed by atoms with E-state index in [4.69, 9.17) is 9.84 Å². The van der Waals surface area contributed by atoms with Crippen LogP contribution >= 0.6 is 0 Å². The number of nitrogens with zero attached hydrogens (tertiary/aromatic N) is 1. The van der Waals surface area contributed by atoms with E-state index in [-0.39, 0.29) is 47.8 Å². The van der Waals surface area contributed by atoms with Crippen molar-refractivity contribution in [1.29, 1.82) is 0 Å². The van der Waals surface area contributed by atoms with E-state index in [1.54, 1.807) is 12.1 Å². The summed E-state index contributed by atoms with van der Waals surface area (Å²) >= 11 is 0. The Morgan fingerprint density at radius 2 is 1.84 bits per heavy atom. The summed E-state index contributed by atoms with van der Waals surface area (Å²) in [6.45, 7) is 5.11. The number of ether oxygens (including phenoxy) is 1. The maximum atomic E-state index is 13.4. The first-order valence-corrected chi connectivity index (χ1v) is 13.7. The van der Waals surface area contributed by atoms with E-state index in [1.807, 2.05) is 12.1 Å². The van der Waals surface area contributed by atoms with Gasteiger partial charge in [-0.3, -0.25) is 19.3 Å². The fraction of sp³-hybridized carbons (Fsp3) is 0.567. The summed E-state index contributed by atoms with van der Waals surface area (Å²) < 4.78 is 6.30. The number of carboxylic acid groups (broad SMARTS) is 1. The van der Waals surface area contributed by atoms with Gasteiger partial charge in [-0.2, -0.15) is 0 Å². The van der Waals surface area contributed by atoms with Crippen LogP contribution in [-0.2, 0) is 19.1 Å². The Morgan fingerprint density at radius 1 is 1.08 bits per heavy atom. The zero-order valence-electron chi connectivity index (χ0n) is 21.9. The maximum Gasteiger partial charge on any atom is 0.303 e. The van der Waals surface area contributed by atoms with Crippen LogP contribution in [0.5, 0.6) is 5.75 Å². The van der Waals surface area contributed by atoms with E-state index in [0.29, 0.717) is 38.8 Å². The van der Waals surface area contributed by atoms with Crippen LogP contribution < -0.4 is 0 Å². The van der Waals surface area contributed by atoms with Crippen molar-refractivity contribution in [2.45, 2.75) is 77.7 Å². The number of carboxylic acids is 1. The second-order valence-corrected chi connectivity index (χ2v) is 10.7. The third kappa shape index (κ3) is 6.15. The van der Waals surface area contributed by atoms with Gasteiger partial charge < -0.3 is 14.9 Å². The number of amides is 2. The summed E-state index contributed by atoms with van der Waals surface area (Å²) in [6.07, 6.45) is 8.37. The minimum atomic E-state index is -0.816. The van der Waals surface area contributed by atoms with Crippen molar-refractivity contribution >= 4 is 23.9 Å². The number of aliphatic carboxylic acids is 1. The van der Waals surface area contributed by atoms with Crippen LogP contribution in [0.1, 0.15) is 77.2 Å². The first-order valence-electron chi connectivity index (χ1n) is 13.7. The van der Waals surface area contributed by atoms with Gasteiger partial charge in [-0.1, -0.05) is 49.1 Å². The smallest absolute Gasteiger partial charge is 0.303 e. The van der Waals surface area contributed by atoms with E-state index in [0.717, 1.165) is 31.2 Å². The lowest BCUT2D eigenvalue weighted by atomic mass is 9.68. The van der Waals surface area contributed by atoms with Gasteiger partial charge in [0.15, 0.2) is 0 Å². The SMILES string of the molecule is CCCC1=C2[C@@H](CC/C(C)=C/c3ccc(O)cc3)OC[C@@H]2[C@@H]2C(=O)N(CCCCCC(=O)O)C(=O)[C@@H]2C1. The Balaban J connectivity index is 1.43. The summed E-state index contributed by atoms with van der Waals surface area (Å²) in [5.74, 6) is -1.34. The predicted octanol–water partition coefficient (Wildman–Crippen LogP) is 5.34. The van der Waals surface area contributed by atoms with Crippen LogP contribution in [0.25, 0.3) is 6.08 Å². The molecule has 2 amide bonds. The molecule has 2 heterocycles. The fourth-order valence-electron chi connectivity index (χ4n) is 6.31. The predicted molar refractivity (Wildman–Crippen MR) is 141 cm³/mol. The van der Waals surface area contributed by atoms with Crippen LogP contribution in [0.2, 0.25) is 0 Å². The highest BCUT2D eigenvalue weighted by molar-refractivity contribution is 6.05. The number of carbonyl (C=O) groups is 3. The number of aromatic hydroxyl groups is 1. The first kappa shape index (κ1) is 27.1. The molecule has 0 unspecified atom stereocenters.